The monoisotopic (exact) mass is 294 g/mol. The van der Waals surface area contributed by atoms with E-state index in [-0.39, 0.29) is 5.56 Å². The molecule has 0 aliphatic rings. The lowest BCUT2D eigenvalue weighted by atomic mass is 10.3. The van der Waals surface area contributed by atoms with Crippen LogP contribution < -0.4 is 4.72 Å². The molecule has 1 rings (SSSR count). The largest absolute Gasteiger partial charge is 0.478 e. The smallest absolute Gasteiger partial charge is 0.339 e. The summed E-state index contributed by atoms with van der Waals surface area (Å²) < 4.78 is 46.6. The average molecular weight is 294 g/mol. The minimum Gasteiger partial charge on any atom is -0.478 e. The Balaban J connectivity index is 3.09. The van der Waals surface area contributed by atoms with Crippen LogP contribution in [0.4, 0.5) is 5.82 Å². The maximum absolute atomic E-state index is 11.5. The topological polar surface area (TPSA) is 130 Å². The molecule has 0 unspecified atom stereocenters. The van der Waals surface area contributed by atoms with Gasteiger partial charge in [-0.25, -0.2) is 26.6 Å². The zero-order valence-corrected chi connectivity index (χ0v) is 10.8. The Morgan fingerprint density at radius 2 is 2.00 bits per heavy atom. The van der Waals surface area contributed by atoms with Gasteiger partial charge in [0.15, 0.2) is 20.7 Å². The van der Waals surface area contributed by atoms with Gasteiger partial charge in [0, 0.05) is 12.5 Å². The number of aromatic nitrogens is 1. The van der Waals surface area contributed by atoms with E-state index >= 15 is 0 Å². The van der Waals surface area contributed by atoms with Crippen molar-refractivity contribution in [2.45, 2.75) is 0 Å². The number of rotatable bonds is 5. The van der Waals surface area contributed by atoms with Gasteiger partial charge in [-0.3, -0.25) is 4.72 Å². The number of nitrogens with one attached hydrogen (secondary N) is 1. The van der Waals surface area contributed by atoms with Crippen molar-refractivity contribution in [1.82, 2.24) is 4.98 Å². The lowest BCUT2D eigenvalue weighted by molar-refractivity contribution is 0.0697. The van der Waals surface area contributed by atoms with Crippen LogP contribution in [0.5, 0.6) is 0 Å². The third-order valence-corrected chi connectivity index (χ3v) is 5.12. The van der Waals surface area contributed by atoms with Crippen LogP contribution in [0.25, 0.3) is 0 Å². The zero-order valence-electron chi connectivity index (χ0n) is 9.19. The quantitative estimate of drug-likeness (QED) is 0.750. The number of sulfonamides is 1. The second-order valence-electron chi connectivity index (χ2n) is 3.47. The van der Waals surface area contributed by atoms with Crippen LogP contribution >= 0.6 is 0 Å². The van der Waals surface area contributed by atoms with Crippen LogP contribution in [0.2, 0.25) is 0 Å². The standard InChI is InChI=1S/C8H10N2O6S2/c1-17(13,14)5-18(15,16)10-7-6(8(11)12)3-2-4-9-7/h2-4H,5H2,1H3,(H,9,10)(H,11,12). The molecule has 0 radical (unpaired) electrons. The predicted molar refractivity (Wildman–Crippen MR) is 63.4 cm³/mol. The van der Waals surface area contributed by atoms with E-state index in [1.54, 1.807) is 0 Å². The fourth-order valence-electron chi connectivity index (χ4n) is 1.12. The third kappa shape index (κ3) is 4.30. The predicted octanol–water partition coefficient (Wildman–Crippen LogP) is -0.476. The molecule has 1 heterocycles. The second-order valence-corrected chi connectivity index (χ2v) is 7.69. The highest BCUT2D eigenvalue weighted by Gasteiger charge is 2.21. The Hall–Kier alpha value is -1.68. The van der Waals surface area contributed by atoms with Crippen molar-refractivity contribution in [1.29, 1.82) is 0 Å². The minimum absolute atomic E-state index is 0.366. The summed E-state index contributed by atoms with van der Waals surface area (Å²) in [6.45, 7) is 0. The number of carboxylic acid groups (broad SMARTS) is 1. The number of carbonyl (C=O) groups is 1. The van der Waals surface area contributed by atoms with E-state index in [0.29, 0.717) is 0 Å². The molecule has 8 nitrogen and oxygen atoms in total. The number of nitrogens with zero attached hydrogens (tertiary/aromatic N) is 1. The molecule has 0 amide bonds. The fourth-order valence-corrected chi connectivity index (χ4v) is 4.07. The average Bonchev–Trinajstić information content (AvgIpc) is 2.13. The molecule has 1 aromatic rings. The number of carboxylic acids is 1. The molecule has 1 aromatic heterocycles. The summed E-state index contributed by atoms with van der Waals surface area (Å²) in [5, 5.41) is 7.66. The van der Waals surface area contributed by atoms with Gasteiger partial charge in [0.1, 0.15) is 5.56 Å². The van der Waals surface area contributed by atoms with Crippen molar-refractivity contribution < 1.29 is 26.7 Å². The maximum Gasteiger partial charge on any atom is 0.339 e. The molecule has 18 heavy (non-hydrogen) atoms. The van der Waals surface area contributed by atoms with Crippen LogP contribution in [0.1, 0.15) is 10.4 Å². The molecule has 2 N–H and O–H groups in total. The summed E-state index contributed by atoms with van der Waals surface area (Å²) in [6.07, 6.45) is 1.94. The molecule has 0 saturated heterocycles. The van der Waals surface area contributed by atoms with Gasteiger partial charge in [-0.2, -0.15) is 0 Å². The number of anilines is 1. The van der Waals surface area contributed by atoms with Crippen LogP contribution in [0, 0.1) is 0 Å². The summed E-state index contributed by atoms with van der Waals surface area (Å²) in [6, 6.07) is 2.46. The van der Waals surface area contributed by atoms with Crippen molar-refractivity contribution in [3.05, 3.63) is 23.9 Å². The van der Waals surface area contributed by atoms with Crippen molar-refractivity contribution in [3.8, 4) is 0 Å². The van der Waals surface area contributed by atoms with Gasteiger partial charge in [-0.05, 0) is 12.1 Å². The van der Waals surface area contributed by atoms with E-state index in [2.05, 4.69) is 4.98 Å². The summed E-state index contributed by atoms with van der Waals surface area (Å²) >= 11 is 0. The summed E-state index contributed by atoms with van der Waals surface area (Å²) in [4.78, 5) is 14.3. The molecule has 0 atom stereocenters. The van der Waals surface area contributed by atoms with E-state index in [4.69, 9.17) is 5.11 Å². The number of hydrogen-bond donors (Lipinski definition) is 2. The fraction of sp³-hybridized carbons (Fsp3) is 0.250. The lowest BCUT2D eigenvalue weighted by Gasteiger charge is -2.08. The number of hydrogen-bond acceptors (Lipinski definition) is 6. The zero-order chi connectivity index (χ0) is 14.0. The Kier molecular flexibility index (Phi) is 3.92. The van der Waals surface area contributed by atoms with E-state index in [9.17, 15) is 21.6 Å². The van der Waals surface area contributed by atoms with E-state index in [1.807, 2.05) is 4.72 Å². The van der Waals surface area contributed by atoms with Crippen LogP contribution in [-0.2, 0) is 19.9 Å². The third-order valence-electron chi connectivity index (χ3n) is 1.66. The first-order chi connectivity index (χ1) is 8.11. The van der Waals surface area contributed by atoms with Gasteiger partial charge in [-0.1, -0.05) is 0 Å². The Morgan fingerprint density at radius 3 is 2.50 bits per heavy atom. The highest BCUT2D eigenvalue weighted by Crippen LogP contribution is 2.13. The summed E-state index contributed by atoms with van der Waals surface area (Å²) in [5.41, 5.74) is -0.366. The number of sulfone groups is 1. The van der Waals surface area contributed by atoms with Crippen molar-refractivity contribution in [2.24, 2.45) is 0 Å². The molecule has 0 aliphatic heterocycles. The van der Waals surface area contributed by atoms with E-state index in [0.717, 1.165) is 12.3 Å². The second kappa shape index (κ2) is 4.90. The first kappa shape index (κ1) is 14.4. The Bertz CT molecular complexity index is 665. The van der Waals surface area contributed by atoms with Gasteiger partial charge < -0.3 is 5.11 Å². The SMILES string of the molecule is CS(=O)(=O)CS(=O)(=O)Nc1ncccc1C(=O)O. The molecule has 0 fully saturated rings. The normalized spacial score (nSPS) is 12.1. The Labute approximate surface area is 104 Å². The number of pyridine rings is 1. The van der Waals surface area contributed by atoms with Gasteiger partial charge in [-0.15, -0.1) is 0 Å². The van der Waals surface area contributed by atoms with Crippen molar-refractivity contribution in [2.75, 3.05) is 16.1 Å². The van der Waals surface area contributed by atoms with Gasteiger partial charge >= 0.3 is 5.97 Å². The van der Waals surface area contributed by atoms with Gasteiger partial charge in [0.25, 0.3) is 0 Å². The molecule has 0 aliphatic carbocycles. The molecule has 0 aromatic carbocycles. The molecule has 10 heteroatoms. The van der Waals surface area contributed by atoms with Gasteiger partial charge in [0.05, 0.1) is 0 Å². The molecule has 100 valence electrons. The van der Waals surface area contributed by atoms with Crippen molar-refractivity contribution in [3.63, 3.8) is 0 Å². The van der Waals surface area contributed by atoms with Crippen LogP contribution in [0.3, 0.4) is 0 Å². The molecule has 0 spiro atoms. The van der Waals surface area contributed by atoms with Crippen LogP contribution in [0.15, 0.2) is 18.3 Å². The lowest BCUT2D eigenvalue weighted by Crippen LogP contribution is -2.23. The first-order valence-electron chi connectivity index (χ1n) is 4.47. The number of aromatic carboxylic acids is 1. The van der Waals surface area contributed by atoms with E-state index < -0.39 is 36.7 Å². The molecular weight excluding hydrogens is 284 g/mol. The minimum atomic E-state index is -4.21. The first-order valence-corrected chi connectivity index (χ1v) is 8.18. The van der Waals surface area contributed by atoms with Gasteiger partial charge in [0.2, 0.25) is 10.0 Å². The van der Waals surface area contributed by atoms with Crippen molar-refractivity contribution >= 4 is 31.6 Å². The highest BCUT2D eigenvalue weighted by molar-refractivity contribution is 8.08. The summed E-state index contributed by atoms with van der Waals surface area (Å²) in [7, 11) is -7.97. The summed E-state index contributed by atoms with van der Waals surface area (Å²) in [5.74, 6) is -1.80. The van der Waals surface area contributed by atoms with E-state index in [1.165, 1.54) is 12.3 Å². The Morgan fingerprint density at radius 1 is 1.39 bits per heavy atom. The molecular formula is C8H10N2O6S2. The van der Waals surface area contributed by atoms with Crippen LogP contribution in [-0.4, -0.2) is 44.2 Å². The molecule has 0 bridgehead atoms. The molecule has 0 saturated carbocycles. The highest BCUT2D eigenvalue weighted by atomic mass is 32.3. The maximum atomic E-state index is 11.5.